The summed E-state index contributed by atoms with van der Waals surface area (Å²) in [6.45, 7) is 4.22. The monoisotopic (exact) mass is 260 g/mol. The summed E-state index contributed by atoms with van der Waals surface area (Å²) in [6, 6.07) is 8.01. The Labute approximate surface area is 113 Å². The molecule has 2 unspecified atom stereocenters. The van der Waals surface area contributed by atoms with Crippen LogP contribution in [0.15, 0.2) is 30.3 Å². The van der Waals surface area contributed by atoms with Gasteiger partial charge in [0, 0.05) is 0 Å². The van der Waals surface area contributed by atoms with Crippen molar-refractivity contribution >= 4 is 11.5 Å². The number of aliphatic hydroxyl groups excluding tert-OH is 1. The molecule has 3 nitrogen and oxygen atoms in total. The van der Waals surface area contributed by atoms with Crippen molar-refractivity contribution in [3.8, 4) is 0 Å². The number of carbonyl (C=O) groups excluding carboxylic acids is 1. The zero-order valence-corrected chi connectivity index (χ0v) is 11.4. The number of esters is 1. The van der Waals surface area contributed by atoms with E-state index < -0.39 is 6.10 Å². The summed E-state index contributed by atoms with van der Waals surface area (Å²) in [4.78, 5) is 12.0. The van der Waals surface area contributed by atoms with Crippen LogP contribution in [0.2, 0.25) is 0 Å². The van der Waals surface area contributed by atoms with Crippen LogP contribution in [0.1, 0.15) is 30.9 Å². The molecule has 0 aromatic heterocycles. The number of ether oxygens (including phenoxy) is 1. The third-order valence-electron chi connectivity index (χ3n) is 3.45. The number of carbonyl (C=O) groups is 1. The molecule has 19 heavy (non-hydrogen) atoms. The van der Waals surface area contributed by atoms with Crippen molar-refractivity contribution in [2.75, 3.05) is 6.61 Å². The lowest BCUT2D eigenvalue weighted by molar-refractivity contribution is -0.146. The summed E-state index contributed by atoms with van der Waals surface area (Å²) in [5.41, 5.74) is 3.05. The van der Waals surface area contributed by atoms with E-state index in [9.17, 15) is 9.90 Å². The molecule has 0 radical (unpaired) electrons. The topological polar surface area (TPSA) is 46.5 Å². The minimum Gasteiger partial charge on any atom is -0.466 e. The van der Waals surface area contributed by atoms with E-state index in [0.29, 0.717) is 19.4 Å². The summed E-state index contributed by atoms with van der Waals surface area (Å²) in [5.74, 6) is -0.452. The first-order valence-corrected chi connectivity index (χ1v) is 6.75. The van der Waals surface area contributed by atoms with Crippen molar-refractivity contribution in [2.45, 2.75) is 32.8 Å². The Bertz CT molecular complexity index is 473. The van der Waals surface area contributed by atoms with Crippen LogP contribution in [0.4, 0.5) is 0 Å². The first-order valence-electron chi connectivity index (χ1n) is 6.75. The highest BCUT2D eigenvalue weighted by Gasteiger charge is 2.29. The number of benzene rings is 1. The average molecular weight is 260 g/mol. The third-order valence-corrected chi connectivity index (χ3v) is 3.45. The van der Waals surface area contributed by atoms with E-state index in [-0.39, 0.29) is 11.9 Å². The Morgan fingerprint density at radius 2 is 2.00 bits per heavy atom. The van der Waals surface area contributed by atoms with Gasteiger partial charge in [0.05, 0.1) is 18.6 Å². The lowest BCUT2D eigenvalue weighted by Gasteiger charge is -2.25. The standard InChI is InChI=1S/C16H20O3/c1-3-19-16(18)14-9-8-13(17)10-15(14)12-6-4-11(2)5-7-12/h4-7,10,13-14,17H,3,8-9H2,1-2H3. The smallest absolute Gasteiger partial charge is 0.313 e. The van der Waals surface area contributed by atoms with Crippen LogP contribution in [0, 0.1) is 12.8 Å². The lowest BCUT2D eigenvalue weighted by Crippen LogP contribution is -2.25. The molecule has 0 fully saturated rings. The van der Waals surface area contributed by atoms with E-state index in [1.54, 1.807) is 6.08 Å². The molecule has 1 N–H and O–H groups in total. The normalized spacial score (nSPS) is 22.8. The maximum absolute atomic E-state index is 12.0. The SMILES string of the molecule is CCOC(=O)C1CCC(O)C=C1c1ccc(C)cc1. The van der Waals surface area contributed by atoms with Gasteiger partial charge in [-0.1, -0.05) is 35.9 Å². The zero-order chi connectivity index (χ0) is 13.8. The molecule has 0 aliphatic heterocycles. The molecule has 0 saturated heterocycles. The summed E-state index contributed by atoms with van der Waals surface area (Å²) in [5, 5.41) is 9.80. The van der Waals surface area contributed by atoms with Gasteiger partial charge in [-0.25, -0.2) is 0 Å². The minimum atomic E-state index is -0.470. The van der Waals surface area contributed by atoms with Crippen LogP contribution in [0.3, 0.4) is 0 Å². The predicted octanol–water partition coefficient (Wildman–Crippen LogP) is 2.71. The van der Waals surface area contributed by atoms with Gasteiger partial charge in [0.2, 0.25) is 0 Å². The van der Waals surface area contributed by atoms with Crippen molar-refractivity contribution in [3.05, 3.63) is 41.5 Å². The molecule has 0 spiro atoms. The van der Waals surface area contributed by atoms with Gasteiger partial charge in [0.25, 0.3) is 0 Å². The molecular weight excluding hydrogens is 240 g/mol. The first kappa shape index (κ1) is 13.8. The Balaban J connectivity index is 2.31. The highest BCUT2D eigenvalue weighted by atomic mass is 16.5. The van der Waals surface area contributed by atoms with Crippen LogP contribution in [-0.4, -0.2) is 23.8 Å². The average Bonchev–Trinajstić information content (AvgIpc) is 2.39. The van der Waals surface area contributed by atoms with Gasteiger partial charge in [-0.05, 0) is 37.8 Å². The van der Waals surface area contributed by atoms with Crippen molar-refractivity contribution in [1.82, 2.24) is 0 Å². The fourth-order valence-corrected chi connectivity index (χ4v) is 2.43. The predicted molar refractivity (Wildman–Crippen MR) is 74.5 cm³/mol. The number of hydrogen-bond acceptors (Lipinski definition) is 3. The molecule has 2 atom stereocenters. The molecule has 0 bridgehead atoms. The number of hydrogen-bond donors (Lipinski definition) is 1. The molecule has 1 aliphatic rings. The van der Waals surface area contributed by atoms with Crippen molar-refractivity contribution in [1.29, 1.82) is 0 Å². The Morgan fingerprint density at radius 1 is 1.32 bits per heavy atom. The summed E-state index contributed by atoms with van der Waals surface area (Å²) < 4.78 is 5.13. The van der Waals surface area contributed by atoms with Gasteiger partial charge in [-0.2, -0.15) is 0 Å². The number of aryl methyl sites for hydroxylation is 1. The molecule has 2 rings (SSSR count). The largest absolute Gasteiger partial charge is 0.466 e. The van der Waals surface area contributed by atoms with E-state index in [1.807, 2.05) is 38.1 Å². The van der Waals surface area contributed by atoms with Crippen LogP contribution >= 0.6 is 0 Å². The molecular formula is C16H20O3. The van der Waals surface area contributed by atoms with Gasteiger partial charge < -0.3 is 9.84 Å². The number of aliphatic hydroxyl groups is 1. The van der Waals surface area contributed by atoms with E-state index in [1.165, 1.54) is 5.56 Å². The van der Waals surface area contributed by atoms with Gasteiger partial charge in [-0.3, -0.25) is 4.79 Å². The van der Waals surface area contributed by atoms with Gasteiger partial charge in [0.1, 0.15) is 0 Å². The van der Waals surface area contributed by atoms with Crippen molar-refractivity contribution in [3.63, 3.8) is 0 Å². The van der Waals surface area contributed by atoms with Crippen molar-refractivity contribution in [2.24, 2.45) is 5.92 Å². The first-order chi connectivity index (χ1) is 9.11. The highest BCUT2D eigenvalue weighted by Crippen LogP contribution is 2.33. The van der Waals surface area contributed by atoms with Crippen LogP contribution in [0.5, 0.6) is 0 Å². The quantitative estimate of drug-likeness (QED) is 0.850. The molecule has 1 aromatic rings. The molecule has 0 heterocycles. The fraction of sp³-hybridized carbons (Fsp3) is 0.438. The van der Waals surface area contributed by atoms with E-state index in [4.69, 9.17) is 4.74 Å². The molecule has 102 valence electrons. The third kappa shape index (κ3) is 3.24. The molecule has 1 aliphatic carbocycles. The lowest BCUT2D eigenvalue weighted by atomic mass is 9.82. The van der Waals surface area contributed by atoms with Crippen molar-refractivity contribution < 1.29 is 14.6 Å². The van der Waals surface area contributed by atoms with Gasteiger partial charge in [-0.15, -0.1) is 0 Å². The summed E-state index contributed by atoms with van der Waals surface area (Å²) in [6.07, 6.45) is 2.57. The second-order valence-electron chi connectivity index (χ2n) is 4.94. The Hall–Kier alpha value is -1.61. The van der Waals surface area contributed by atoms with E-state index in [0.717, 1.165) is 11.1 Å². The van der Waals surface area contributed by atoms with Crippen LogP contribution < -0.4 is 0 Å². The van der Waals surface area contributed by atoms with Crippen LogP contribution in [-0.2, 0) is 9.53 Å². The summed E-state index contributed by atoms with van der Waals surface area (Å²) >= 11 is 0. The molecule has 1 aromatic carbocycles. The number of rotatable bonds is 3. The van der Waals surface area contributed by atoms with E-state index >= 15 is 0 Å². The van der Waals surface area contributed by atoms with Gasteiger partial charge in [0.15, 0.2) is 0 Å². The van der Waals surface area contributed by atoms with E-state index in [2.05, 4.69) is 0 Å². The maximum atomic E-state index is 12.0. The van der Waals surface area contributed by atoms with Gasteiger partial charge >= 0.3 is 5.97 Å². The molecule has 3 heteroatoms. The zero-order valence-electron chi connectivity index (χ0n) is 11.4. The molecule has 0 saturated carbocycles. The Kier molecular flexibility index (Phi) is 4.38. The molecule has 0 amide bonds. The second kappa shape index (κ2) is 6.02. The fourth-order valence-electron chi connectivity index (χ4n) is 2.43. The second-order valence-corrected chi connectivity index (χ2v) is 4.94. The minimum absolute atomic E-state index is 0.193. The highest BCUT2D eigenvalue weighted by molar-refractivity contribution is 5.89. The summed E-state index contributed by atoms with van der Waals surface area (Å²) in [7, 11) is 0. The maximum Gasteiger partial charge on any atom is 0.313 e. The van der Waals surface area contributed by atoms with Crippen LogP contribution in [0.25, 0.3) is 5.57 Å². The Morgan fingerprint density at radius 3 is 2.63 bits per heavy atom.